The molecule has 1 atom stereocenters. The summed E-state index contributed by atoms with van der Waals surface area (Å²) in [5, 5.41) is 10.9. The van der Waals surface area contributed by atoms with Gasteiger partial charge in [-0.2, -0.15) is 0 Å². The van der Waals surface area contributed by atoms with E-state index >= 15 is 0 Å². The number of rotatable bonds is 4. The molecule has 27 heavy (non-hydrogen) atoms. The third kappa shape index (κ3) is 4.74. The lowest BCUT2D eigenvalue weighted by Gasteiger charge is -2.38. The van der Waals surface area contributed by atoms with Crippen LogP contribution in [-0.2, 0) is 9.53 Å². The van der Waals surface area contributed by atoms with Gasteiger partial charge in [0.05, 0.1) is 12.3 Å². The number of ether oxygens (including phenoxy) is 1. The van der Waals surface area contributed by atoms with Gasteiger partial charge in [-0.05, 0) is 56.5 Å². The highest BCUT2D eigenvalue weighted by Crippen LogP contribution is 2.25. The Morgan fingerprint density at radius 3 is 2.67 bits per heavy atom. The molecule has 3 rings (SSSR count). The second-order valence-electron chi connectivity index (χ2n) is 6.41. The van der Waals surface area contributed by atoms with E-state index in [9.17, 15) is 14.3 Å². The van der Waals surface area contributed by atoms with Gasteiger partial charge in [0.15, 0.2) is 12.1 Å². The maximum atomic E-state index is 13.3. The van der Waals surface area contributed by atoms with E-state index in [1.807, 2.05) is 0 Å². The highest BCUT2D eigenvalue weighted by molar-refractivity contribution is 5.92. The number of carbonyl (C=O) groups is 1. The first-order chi connectivity index (χ1) is 13.1. The molecule has 1 aromatic rings. The number of hydrogen-bond donors (Lipinski definition) is 1. The monoisotopic (exact) mass is 373 g/mol. The van der Waals surface area contributed by atoms with Crippen molar-refractivity contribution in [2.75, 3.05) is 24.6 Å². The normalized spacial score (nSPS) is 20.5. The molecule has 2 heterocycles. The van der Waals surface area contributed by atoms with Crippen molar-refractivity contribution in [2.45, 2.75) is 32.4 Å². The standard InChI is InChI=1S/C20H24FN3O3/c1-2-27-18(25)11-8-16-14-24(17-9-6-15(21)7-10-17)20(26)19(22-16)23-12-4-3-5-13-23/h6-11,14,20,26H,2-5,12-13H2,1H3/b11-8+. The van der Waals surface area contributed by atoms with E-state index in [-0.39, 0.29) is 5.82 Å². The molecule has 1 aromatic carbocycles. The average molecular weight is 373 g/mol. The molecule has 0 amide bonds. The fourth-order valence-corrected chi connectivity index (χ4v) is 3.17. The molecule has 1 N–H and O–H groups in total. The Labute approximate surface area is 158 Å². The SMILES string of the molecule is CCOC(=O)/C=C/C1=CN(c2ccc(F)cc2)C(O)C(N2CCCCC2)=N1. The number of allylic oxidation sites excluding steroid dienone is 1. The zero-order valence-corrected chi connectivity index (χ0v) is 15.3. The number of hydrogen-bond acceptors (Lipinski definition) is 6. The zero-order chi connectivity index (χ0) is 19.2. The predicted molar refractivity (Wildman–Crippen MR) is 102 cm³/mol. The van der Waals surface area contributed by atoms with E-state index < -0.39 is 12.2 Å². The number of likely N-dealkylation sites (tertiary alicyclic amines) is 1. The smallest absolute Gasteiger partial charge is 0.330 e. The number of aliphatic imine (C=N–C) groups is 1. The Kier molecular flexibility index (Phi) is 6.24. The third-order valence-corrected chi connectivity index (χ3v) is 4.49. The van der Waals surface area contributed by atoms with Crippen LogP contribution in [0.25, 0.3) is 0 Å². The van der Waals surface area contributed by atoms with Gasteiger partial charge < -0.3 is 19.6 Å². The molecule has 1 fully saturated rings. The molecule has 2 aliphatic heterocycles. The molecular weight excluding hydrogens is 349 g/mol. The number of esters is 1. The van der Waals surface area contributed by atoms with E-state index in [1.54, 1.807) is 36.2 Å². The topological polar surface area (TPSA) is 65.4 Å². The van der Waals surface area contributed by atoms with Gasteiger partial charge in [-0.3, -0.25) is 0 Å². The molecular formula is C20H24FN3O3. The van der Waals surface area contributed by atoms with E-state index in [4.69, 9.17) is 4.74 Å². The van der Waals surface area contributed by atoms with E-state index in [1.165, 1.54) is 18.2 Å². The molecule has 0 aromatic heterocycles. The molecule has 0 saturated carbocycles. The van der Waals surface area contributed by atoms with Crippen LogP contribution in [0.15, 0.2) is 53.3 Å². The lowest BCUT2D eigenvalue weighted by molar-refractivity contribution is -0.137. The lowest BCUT2D eigenvalue weighted by Crippen LogP contribution is -2.50. The van der Waals surface area contributed by atoms with Crippen LogP contribution in [0, 0.1) is 5.82 Å². The van der Waals surface area contributed by atoms with Gasteiger partial charge in [-0.1, -0.05) is 0 Å². The number of carbonyl (C=O) groups excluding carboxylic acids is 1. The van der Waals surface area contributed by atoms with Crippen LogP contribution in [-0.4, -0.2) is 47.7 Å². The summed E-state index contributed by atoms with van der Waals surface area (Å²) in [4.78, 5) is 19.9. The number of amidine groups is 1. The summed E-state index contributed by atoms with van der Waals surface area (Å²) >= 11 is 0. The lowest BCUT2D eigenvalue weighted by atomic mass is 10.1. The summed E-state index contributed by atoms with van der Waals surface area (Å²) in [6, 6.07) is 5.88. The minimum Gasteiger partial charge on any atom is -0.463 e. The summed E-state index contributed by atoms with van der Waals surface area (Å²) in [7, 11) is 0. The fourth-order valence-electron chi connectivity index (χ4n) is 3.17. The van der Waals surface area contributed by atoms with Crippen molar-refractivity contribution in [3.05, 3.63) is 54.1 Å². The summed E-state index contributed by atoms with van der Waals surface area (Å²) in [6.45, 7) is 3.68. The van der Waals surface area contributed by atoms with Gasteiger partial charge in [0.2, 0.25) is 0 Å². The first-order valence-corrected chi connectivity index (χ1v) is 9.20. The van der Waals surface area contributed by atoms with Gasteiger partial charge in [0.1, 0.15) is 5.82 Å². The Bertz CT molecular complexity index is 752. The van der Waals surface area contributed by atoms with Crippen LogP contribution >= 0.6 is 0 Å². The second-order valence-corrected chi connectivity index (χ2v) is 6.41. The van der Waals surface area contributed by atoms with E-state index in [0.29, 0.717) is 23.8 Å². The molecule has 0 radical (unpaired) electrons. The number of aliphatic hydroxyl groups excluding tert-OH is 1. The molecule has 7 heteroatoms. The van der Waals surface area contributed by atoms with Crippen LogP contribution in [0.2, 0.25) is 0 Å². The Balaban J connectivity index is 1.91. The summed E-state index contributed by atoms with van der Waals surface area (Å²) in [5.41, 5.74) is 1.15. The maximum absolute atomic E-state index is 13.3. The summed E-state index contributed by atoms with van der Waals surface area (Å²) in [6.07, 6.45) is 6.78. The van der Waals surface area contributed by atoms with Crippen molar-refractivity contribution >= 4 is 17.5 Å². The number of aliphatic hydroxyl groups is 1. The Hall–Kier alpha value is -2.67. The molecule has 1 saturated heterocycles. The summed E-state index contributed by atoms with van der Waals surface area (Å²) in [5.74, 6) is -0.265. The molecule has 144 valence electrons. The highest BCUT2D eigenvalue weighted by atomic mass is 19.1. The van der Waals surface area contributed by atoms with Gasteiger partial charge >= 0.3 is 5.97 Å². The molecule has 2 aliphatic rings. The van der Waals surface area contributed by atoms with Crippen LogP contribution in [0.5, 0.6) is 0 Å². The van der Waals surface area contributed by atoms with Crippen molar-refractivity contribution in [1.29, 1.82) is 0 Å². The number of halogens is 1. The van der Waals surface area contributed by atoms with Crippen molar-refractivity contribution in [1.82, 2.24) is 4.90 Å². The van der Waals surface area contributed by atoms with Crippen LogP contribution in [0.4, 0.5) is 10.1 Å². The quantitative estimate of drug-likeness (QED) is 0.649. The predicted octanol–water partition coefficient (Wildman–Crippen LogP) is 2.81. The maximum Gasteiger partial charge on any atom is 0.330 e. The second kappa shape index (κ2) is 8.81. The molecule has 6 nitrogen and oxygen atoms in total. The third-order valence-electron chi connectivity index (χ3n) is 4.49. The van der Waals surface area contributed by atoms with Crippen molar-refractivity contribution in [3.8, 4) is 0 Å². The van der Waals surface area contributed by atoms with Gasteiger partial charge in [-0.15, -0.1) is 0 Å². The van der Waals surface area contributed by atoms with Crippen molar-refractivity contribution in [2.24, 2.45) is 4.99 Å². The van der Waals surface area contributed by atoms with Crippen LogP contribution in [0.1, 0.15) is 26.2 Å². The molecule has 0 bridgehead atoms. The Morgan fingerprint density at radius 1 is 1.30 bits per heavy atom. The number of benzene rings is 1. The number of anilines is 1. The minimum atomic E-state index is -0.978. The van der Waals surface area contributed by atoms with Crippen molar-refractivity contribution in [3.63, 3.8) is 0 Å². The van der Waals surface area contributed by atoms with Gasteiger partial charge in [0, 0.05) is 31.1 Å². The Morgan fingerprint density at radius 2 is 2.00 bits per heavy atom. The number of piperidine rings is 1. The van der Waals surface area contributed by atoms with Gasteiger partial charge in [-0.25, -0.2) is 14.2 Å². The van der Waals surface area contributed by atoms with Crippen LogP contribution < -0.4 is 4.90 Å². The summed E-state index contributed by atoms with van der Waals surface area (Å²) < 4.78 is 18.2. The number of nitrogens with zero attached hydrogens (tertiary/aromatic N) is 3. The molecule has 0 spiro atoms. The van der Waals surface area contributed by atoms with E-state index in [0.717, 1.165) is 32.4 Å². The van der Waals surface area contributed by atoms with Crippen LogP contribution in [0.3, 0.4) is 0 Å². The first kappa shape index (κ1) is 19.1. The average Bonchev–Trinajstić information content (AvgIpc) is 2.69. The minimum absolute atomic E-state index is 0.297. The molecule has 1 unspecified atom stereocenters. The zero-order valence-electron chi connectivity index (χ0n) is 15.3. The van der Waals surface area contributed by atoms with Crippen molar-refractivity contribution < 1.29 is 19.0 Å². The molecule has 0 aliphatic carbocycles. The largest absolute Gasteiger partial charge is 0.463 e. The fraction of sp³-hybridized carbons (Fsp3) is 0.400. The first-order valence-electron chi connectivity index (χ1n) is 9.20. The van der Waals surface area contributed by atoms with E-state index in [2.05, 4.69) is 9.89 Å². The van der Waals surface area contributed by atoms with Gasteiger partial charge in [0.25, 0.3) is 0 Å². The highest BCUT2D eigenvalue weighted by Gasteiger charge is 2.29.